The molecule has 0 atom stereocenters. The fourth-order valence-corrected chi connectivity index (χ4v) is 10.9. The van der Waals surface area contributed by atoms with Crippen LogP contribution >= 0.6 is 0 Å². The first kappa shape index (κ1) is 43.8. The Labute approximate surface area is 367 Å². The standard InChI is InChI=1S/C53H65NO8/c1-3-10-34-16-28-41(29-17-34)59-50(55)37-20-24-39(25-21-37)52(57)61-48-43-14-8-9-15-44(43)49(47-45(48)32-33-46(54-47)36-12-6-5-7-13-36)62-53(58)40-26-22-38(23-27-40)51(56)60-42-30-18-35(11-4-2)19-31-42/h5-9,12-15,32-35,37-42H,3-4,10-11,16-31H2,1-2H3/t34-,35?,37-,38-,39-,40-,41-,42?. The Balaban J connectivity index is 0.959. The molecular weight excluding hydrogens is 779 g/mol. The Kier molecular flexibility index (Phi) is 14.6. The molecule has 330 valence electrons. The lowest BCUT2D eigenvalue weighted by Crippen LogP contribution is -2.32. The van der Waals surface area contributed by atoms with Crippen LogP contribution in [0.25, 0.3) is 32.9 Å². The molecule has 4 fully saturated rings. The van der Waals surface area contributed by atoms with E-state index < -0.39 is 0 Å². The highest BCUT2D eigenvalue weighted by molar-refractivity contribution is 6.12. The molecule has 1 heterocycles. The molecule has 8 rings (SSSR count). The summed E-state index contributed by atoms with van der Waals surface area (Å²) in [6.45, 7) is 4.45. The molecule has 62 heavy (non-hydrogen) atoms. The predicted octanol–water partition coefficient (Wildman–Crippen LogP) is 12.3. The van der Waals surface area contributed by atoms with Gasteiger partial charge in [0.05, 0.1) is 29.4 Å². The number of aromatic nitrogens is 1. The molecule has 0 amide bonds. The van der Waals surface area contributed by atoms with Crippen LogP contribution in [0, 0.1) is 35.5 Å². The minimum absolute atomic E-state index is 0.00530. The molecule has 0 unspecified atom stereocenters. The van der Waals surface area contributed by atoms with Gasteiger partial charge in [-0.1, -0.05) is 94.1 Å². The quantitative estimate of drug-likeness (QED) is 0.0736. The van der Waals surface area contributed by atoms with Crippen LogP contribution in [0.1, 0.15) is 142 Å². The number of carbonyl (C=O) groups is 4. The van der Waals surface area contributed by atoms with Crippen LogP contribution in [0.4, 0.5) is 0 Å². The minimum Gasteiger partial charge on any atom is -0.462 e. The van der Waals surface area contributed by atoms with Gasteiger partial charge in [0.25, 0.3) is 0 Å². The second-order valence-corrected chi connectivity index (χ2v) is 18.8. The van der Waals surface area contributed by atoms with Crippen LogP contribution in [0.15, 0.2) is 66.7 Å². The van der Waals surface area contributed by atoms with E-state index in [-0.39, 0.29) is 59.8 Å². The average molecular weight is 844 g/mol. The molecule has 0 saturated heterocycles. The maximum Gasteiger partial charge on any atom is 0.314 e. The highest BCUT2D eigenvalue weighted by atomic mass is 16.6. The third kappa shape index (κ3) is 10.3. The number of hydrogen-bond acceptors (Lipinski definition) is 9. The first-order valence-corrected chi connectivity index (χ1v) is 24.0. The lowest BCUT2D eigenvalue weighted by atomic mass is 9.81. The first-order valence-electron chi connectivity index (χ1n) is 24.0. The van der Waals surface area contributed by atoms with Gasteiger partial charge in [0.2, 0.25) is 0 Å². The van der Waals surface area contributed by atoms with Crippen molar-refractivity contribution in [3.8, 4) is 22.8 Å². The molecule has 0 radical (unpaired) electrons. The summed E-state index contributed by atoms with van der Waals surface area (Å²) in [5.74, 6) is 0.123. The second-order valence-electron chi connectivity index (χ2n) is 18.8. The Morgan fingerprint density at radius 3 is 1.35 bits per heavy atom. The maximum atomic E-state index is 14.1. The number of hydrogen-bond donors (Lipinski definition) is 0. The number of pyridine rings is 1. The molecule has 4 aliphatic carbocycles. The van der Waals surface area contributed by atoms with Gasteiger partial charge in [-0.25, -0.2) is 4.98 Å². The molecule has 3 aromatic carbocycles. The molecule has 9 nitrogen and oxygen atoms in total. The molecule has 4 aromatic rings. The number of fused-ring (bicyclic) bond motifs is 2. The van der Waals surface area contributed by atoms with E-state index in [4.69, 9.17) is 23.9 Å². The number of carbonyl (C=O) groups excluding carboxylic acids is 4. The van der Waals surface area contributed by atoms with Crippen molar-refractivity contribution < 1.29 is 38.1 Å². The van der Waals surface area contributed by atoms with Crippen molar-refractivity contribution in [1.29, 1.82) is 0 Å². The van der Waals surface area contributed by atoms with E-state index in [2.05, 4.69) is 13.8 Å². The van der Waals surface area contributed by atoms with E-state index in [0.717, 1.165) is 68.8 Å². The number of rotatable bonds is 13. The summed E-state index contributed by atoms with van der Waals surface area (Å²) in [5, 5.41) is 1.84. The highest BCUT2D eigenvalue weighted by Gasteiger charge is 2.36. The molecule has 0 spiro atoms. The molecule has 0 aliphatic heterocycles. The van der Waals surface area contributed by atoms with E-state index in [1.54, 1.807) is 0 Å². The maximum absolute atomic E-state index is 14.1. The summed E-state index contributed by atoms with van der Waals surface area (Å²) in [7, 11) is 0. The lowest BCUT2D eigenvalue weighted by Gasteiger charge is -2.31. The van der Waals surface area contributed by atoms with Crippen molar-refractivity contribution in [2.24, 2.45) is 35.5 Å². The normalized spacial score (nSPS) is 26.7. The number of ether oxygens (including phenoxy) is 4. The third-order valence-corrected chi connectivity index (χ3v) is 14.6. The highest BCUT2D eigenvalue weighted by Crippen LogP contribution is 2.45. The SMILES string of the molecule is CCCC1CCC(OC(=O)[C@H]2CC[C@H](C(=O)Oc3c4ccccc4c(OC(=O)[C@H]4CC[C@H](C(=O)O[C@H]5CC[C@H](CCC)CC5)CC4)c4ccc(-c5ccccc5)nc34)CC2)CC1. The molecule has 4 saturated carbocycles. The molecule has 1 aromatic heterocycles. The summed E-state index contributed by atoms with van der Waals surface area (Å²) in [4.78, 5) is 59.6. The monoisotopic (exact) mass is 843 g/mol. The van der Waals surface area contributed by atoms with Gasteiger partial charge in [0, 0.05) is 21.7 Å². The molecule has 4 aliphatic rings. The van der Waals surface area contributed by atoms with Crippen molar-refractivity contribution in [2.45, 2.75) is 154 Å². The average Bonchev–Trinajstić information content (AvgIpc) is 3.31. The Bertz CT molecular complexity index is 2170. The van der Waals surface area contributed by atoms with Crippen LogP contribution < -0.4 is 9.47 Å². The predicted molar refractivity (Wildman–Crippen MR) is 240 cm³/mol. The lowest BCUT2D eigenvalue weighted by molar-refractivity contribution is -0.159. The fraction of sp³-hybridized carbons (Fsp3) is 0.566. The number of esters is 4. The van der Waals surface area contributed by atoms with Gasteiger partial charge >= 0.3 is 23.9 Å². The van der Waals surface area contributed by atoms with Gasteiger partial charge in [0.15, 0.2) is 5.75 Å². The fourth-order valence-electron chi connectivity index (χ4n) is 10.9. The van der Waals surface area contributed by atoms with Crippen molar-refractivity contribution >= 4 is 45.6 Å². The zero-order chi connectivity index (χ0) is 43.0. The number of benzene rings is 3. The molecular formula is C53H65NO8. The zero-order valence-electron chi connectivity index (χ0n) is 36.8. The zero-order valence-corrected chi connectivity index (χ0v) is 36.8. The summed E-state index contributed by atoms with van der Waals surface area (Å²) in [6.07, 6.45) is 17.7. The van der Waals surface area contributed by atoms with Crippen molar-refractivity contribution in [2.75, 3.05) is 0 Å². The number of nitrogens with zero attached hydrogens (tertiary/aromatic N) is 1. The van der Waals surface area contributed by atoms with Gasteiger partial charge in [-0.3, -0.25) is 19.2 Å². The smallest absolute Gasteiger partial charge is 0.314 e. The third-order valence-electron chi connectivity index (χ3n) is 14.6. The Morgan fingerprint density at radius 1 is 0.468 bits per heavy atom. The van der Waals surface area contributed by atoms with Gasteiger partial charge in [-0.05, 0) is 127 Å². The van der Waals surface area contributed by atoms with E-state index in [0.29, 0.717) is 90.2 Å². The Morgan fingerprint density at radius 2 is 0.887 bits per heavy atom. The van der Waals surface area contributed by atoms with Gasteiger partial charge in [-0.2, -0.15) is 0 Å². The molecule has 0 bridgehead atoms. The topological polar surface area (TPSA) is 118 Å². The summed E-state index contributed by atoms with van der Waals surface area (Å²) < 4.78 is 24.8. The van der Waals surface area contributed by atoms with Crippen LogP contribution in [0.5, 0.6) is 11.5 Å². The van der Waals surface area contributed by atoms with Crippen molar-refractivity contribution in [3.05, 3.63) is 66.7 Å². The molecule has 0 N–H and O–H groups in total. The second kappa shape index (κ2) is 20.6. The van der Waals surface area contributed by atoms with Gasteiger partial charge < -0.3 is 18.9 Å². The molecule has 9 heteroatoms. The Hall–Kier alpha value is -4.79. The largest absolute Gasteiger partial charge is 0.462 e. The summed E-state index contributed by atoms with van der Waals surface area (Å²) in [6, 6.07) is 21.1. The van der Waals surface area contributed by atoms with Crippen LogP contribution in [-0.2, 0) is 28.7 Å². The van der Waals surface area contributed by atoms with Crippen LogP contribution in [0.2, 0.25) is 0 Å². The van der Waals surface area contributed by atoms with E-state index in [1.807, 2.05) is 66.7 Å². The van der Waals surface area contributed by atoms with Gasteiger partial charge in [0.1, 0.15) is 23.5 Å². The van der Waals surface area contributed by atoms with Gasteiger partial charge in [-0.15, -0.1) is 0 Å². The van der Waals surface area contributed by atoms with Crippen molar-refractivity contribution in [1.82, 2.24) is 4.98 Å². The first-order chi connectivity index (χ1) is 30.3. The van der Waals surface area contributed by atoms with E-state index in [9.17, 15) is 19.2 Å². The van der Waals surface area contributed by atoms with E-state index in [1.165, 1.54) is 25.7 Å². The van der Waals surface area contributed by atoms with Crippen LogP contribution in [0.3, 0.4) is 0 Å². The van der Waals surface area contributed by atoms with E-state index >= 15 is 0 Å². The minimum atomic E-state index is -0.375. The summed E-state index contributed by atoms with van der Waals surface area (Å²) in [5.41, 5.74) is 2.03. The summed E-state index contributed by atoms with van der Waals surface area (Å²) >= 11 is 0. The van der Waals surface area contributed by atoms with Crippen molar-refractivity contribution in [3.63, 3.8) is 0 Å². The van der Waals surface area contributed by atoms with Crippen LogP contribution in [-0.4, -0.2) is 41.1 Å².